The van der Waals surface area contributed by atoms with E-state index in [1.165, 1.54) is 12.1 Å². The molecule has 0 aliphatic carbocycles. The zero-order chi connectivity index (χ0) is 19.0. The number of nitrogens with zero attached hydrogens (tertiary/aromatic N) is 2. The van der Waals surface area contributed by atoms with Gasteiger partial charge in [0, 0.05) is 12.2 Å². The van der Waals surface area contributed by atoms with Gasteiger partial charge in [-0.05, 0) is 61.7 Å². The molecule has 142 valence electrons. The van der Waals surface area contributed by atoms with Gasteiger partial charge in [-0.2, -0.15) is 0 Å². The van der Waals surface area contributed by atoms with Crippen LogP contribution in [0.5, 0.6) is 11.5 Å². The van der Waals surface area contributed by atoms with E-state index in [0.717, 1.165) is 24.9 Å². The van der Waals surface area contributed by atoms with Gasteiger partial charge in [0.25, 0.3) is 0 Å². The van der Waals surface area contributed by atoms with Crippen molar-refractivity contribution >= 4 is 11.6 Å². The Labute approximate surface area is 158 Å². The lowest BCUT2D eigenvalue weighted by atomic mass is 10.1. The summed E-state index contributed by atoms with van der Waals surface area (Å²) in [6.45, 7) is 3.33. The highest BCUT2D eigenvalue weighted by Crippen LogP contribution is 2.44. The lowest BCUT2D eigenvalue weighted by Gasteiger charge is -2.30. The van der Waals surface area contributed by atoms with E-state index in [2.05, 4.69) is 4.90 Å². The first-order valence-electron chi connectivity index (χ1n) is 9.29. The van der Waals surface area contributed by atoms with Gasteiger partial charge in [0.2, 0.25) is 5.91 Å². The van der Waals surface area contributed by atoms with Crippen molar-refractivity contribution in [2.45, 2.75) is 32.0 Å². The fraction of sp³-hybridized carbons (Fsp3) is 0.381. The molecule has 0 aromatic heterocycles. The predicted molar refractivity (Wildman–Crippen MR) is 101 cm³/mol. The molecule has 2 aromatic carbocycles. The maximum atomic E-state index is 13.4. The third-order valence-electron chi connectivity index (χ3n) is 5.27. The number of rotatable bonds is 5. The Morgan fingerprint density at radius 2 is 1.93 bits per heavy atom. The van der Waals surface area contributed by atoms with Crippen LogP contribution in [0.1, 0.15) is 31.5 Å². The average Bonchev–Trinajstić information content (AvgIpc) is 3.25. The summed E-state index contributed by atoms with van der Waals surface area (Å²) >= 11 is 0. The first-order chi connectivity index (χ1) is 13.1. The largest absolute Gasteiger partial charge is 0.493 e. The van der Waals surface area contributed by atoms with Gasteiger partial charge in [-0.15, -0.1) is 0 Å². The minimum absolute atomic E-state index is 0.0666. The van der Waals surface area contributed by atoms with Crippen LogP contribution in [0.15, 0.2) is 42.5 Å². The Bertz CT molecular complexity index is 840. The second-order valence-corrected chi connectivity index (χ2v) is 6.80. The van der Waals surface area contributed by atoms with E-state index < -0.39 is 0 Å². The van der Waals surface area contributed by atoms with E-state index in [1.807, 2.05) is 25.1 Å². The molecular formula is C21H23FN2O3. The number of methoxy groups -OCH3 is 1. The monoisotopic (exact) mass is 370 g/mol. The van der Waals surface area contributed by atoms with E-state index in [0.29, 0.717) is 23.8 Å². The molecular weight excluding hydrogens is 347 g/mol. The summed E-state index contributed by atoms with van der Waals surface area (Å²) in [5.41, 5.74) is 1.66. The van der Waals surface area contributed by atoms with Gasteiger partial charge in [-0.25, -0.2) is 4.39 Å². The summed E-state index contributed by atoms with van der Waals surface area (Å²) in [4.78, 5) is 17.1. The van der Waals surface area contributed by atoms with Crippen molar-refractivity contribution in [3.05, 3.63) is 53.8 Å². The van der Waals surface area contributed by atoms with Gasteiger partial charge in [-0.3, -0.25) is 14.6 Å². The van der Waals surface area contributed by atoms with Crippen LogP contribution in [-0.4, -0.2) is 37.1 Å². The van der Waals surface area contributed by atoms with Crippen LogP contribution in [0.3, 0.4) is 0 Å². The highest BCUT2D eigenvalue weighted by atomic mass is 19.1. The molecule has 2 heterocycles. The second kappa shape index (κ2) is 7.19. The molecule has 0 spiro atoms. The van der Waals surface area contributed by atoms with E-state index >= 15 is 0 Å². The maximum absolute atomic E-state index is 13.4. The number of carbonyl (C=O) groups is 1. The lowest BCUT2D eigenvalue weighted by molar-refractivity contribution is -0.119. The van der Waals surface area contributed by atoms with Crippen molar-refractivity contribution < 1.29 is 18.7 Å². The smallest absolute Gasteiger partial charge is 0.246 e. The number of benzene rings is 2. The molecule has 0 saturated carbocycles. The molecule has 27 heavy (non-hydrogen) atoms. The third-order valence-corrected chi connectivity index (χ3v) is 5.27. The average molecular weight is 370 g/mol. The Balaban J connectivity index is 1.77. The summed E-state index contributed by atoms with van der Waals surface area (Å²) < 4.78 is 24.5. The molecule has 5 nitrogen and oxygen atoms in total. The Morgan fingerprint density at radius 3 is 2.63 bits per heavy atom. The summed E-state index contributed by atoms with van der Waals surface area (Å²) in [6.07, 6.45) is 1.61. The molecule has 2 atom stereocenters. The van der Waals surface area contributed by atoms with E-state index in [1.54, 1.807) is 24.1 Å². The number of ether oxygens (including phenoxy) is 2. The van der Waals surface area contributed by atoms with Crippen LogP contribution in [0.25, 0.3) is 0 Å². The summed E-state index contributed by atoms with van der Waals surface area (Å²) in [7, 11) is 1.61. The van der Waals surface area contributed by atoms with Crippen LogP contribution in [0, 0.1) is 5.82 Å². The number of fused-ring (bicyclic) bond motifs is 1. The highest BCUT2D eigenvalue weighted by molar-refractivity contribution is 6.00. The minimum Gasteiger partial charge on any atom is -0.493 e. The second-order valence-electron chi connectivity index (χ2n) is 6.80. The number of carbonyl (C=O) groups excluding carboxylic acids is 1. The van der Waals surface area contributed by atoms with Crippen molar-refractivity contribution in [3.8, 4) is 11.5 Å². The molecule has 0 radical (unpaired) electrons. The van der Waals surface area contributed by atoms with Gasteiger partial charge in [0.15, 0.2) is 11.5 Å². The summed E-state index contributed by atoms with van der Waals surface area (Å²) in [5, 5.41) is 0. The normalized spacial score (nSPS) is 22.2. The molecule has 0 unspecified atom stereocenters. The lowest BCUT2D eigenvalue weighted by Crippen LogP contribution is -2.32. The fourth-order valence-corrected chi connectivity index (χ4v) is 4.11. The molecule has 2 aliphatic heterocycles. The highest BCUT2D eigenvalue weighted by Gasteiger charge is 2.49. The third kappa shape index (κ3) is 3.04. The molecule has 2 aliphatic rings. The maximum Gasteiger partial charge on any atom is 0.246 e. The molecule has 0 bridgehead atoms. The SMILES string of the molecule is CCOc1ccc([C@H]2N(c3ccc(F)cc3)C(=O)[C@@H]3CCCN32)cc1OC. The first-order valence-corrected chi connectivity index (χ1v) is 9.29. The number of halogens is 1. The fourth-order valence-electron chi connectivity index (χ4n) is 4.11. The zero-order valence-electron chi connectivity index (χ0n) is 15.5. The molecule has 6 heteroatoms. The Morgan fingerprint density at radius 1 is 1.15 bits per heavy atom. The van der Waals surface area contributed by atoms with E-state index in [4.69, 9.17) is 9.47 Å². The molecule has 0 N–H and O–H groups in total. The minimum atomic E-state index is -0.315. The van der Waals surface area contributed by atoms with Crippen molar-refractivity contribution in [3.63, 3.8) is 0 Å². The van der Waals surface area contributed by atoms with Crippen LogP contribution < -0.4 is 14.4 Å². The topological polar surface area (TPSA) is 42.0 Å². The van der Waals surface area contributed by atoms with E-state index in [9.17, 15) is 9.18 Å². The van der Waals surface area contributed by atoms with Crippen molar-refractivity contribution in [2.75, 3.05) is 25.2 Å². The van der Waals surface area contributed by atoms with Gasteiger partial charge >= 0.3 is 0 Å². The quantitative estimate of drug-likeness (QED) is 0.804. The van der Waals surface area contributed by atoms with Gasteiger partial charge < -0.3 is 9.47 Å². The summed E-state index contributed by atoms with van der Waals surface area (Å²) in [6, 6.07) is 11.8. The van der Waals surface area contributed by atoms with Gasteiger partial charge in [0.1, 0.15) is 12.0 Å². The molecule has 1 amide bonds. The first kappa shape index (κ1) is 17.8. The Kier molecular flexibility index (Phi) is 4.74. The van der Waals surface area contributed by atoms with Crippen molar-refractivity contribution in [1.82, 2.24) is 4.90 Å². The molecule has 2 aromatic rings. The van der Waals surface area contributed by atoms with Crippen LogP contribution in [-0.2, 0) is 4.79 Å². The summed E-state index contributed by atoms with van der Waals surface area (Å²) in [5.74, 6) is 1.07. The predicted octanol–water partition coefficient (Wildman–Crippen LogP) is 3.74. The van der Waals surface area contributed by atoms with Gasteiger partial charge in [0.05, 0.1) is 19.8 Å². The van der Waals surface area contributed by atoms with Crippen molar-refractivity contribution in [2.24, 2.45) is 0 Å². The van der Waals surface area contributed by atoms with Crippen LogP contribution in [0.2, 0.25) is 0 Å². The molecule has 2 fully saturated rings. The standard InChI is InChI=1S/C21H23FN2O3/c1-3-27-18-11-6-14(13-19(18)26-2)20-23-12-4-5-17(23)21(25)24(20)16-9-7-15(22)8-10-16/h6-11,13,17,20H,3-5,12H2,1-2H3/t17-,20+/m0/s1. The van der Waals surface area contributed by atoms with Crippen LogP contribution in [0.4, 0.5) is 10.1 Å². The number of hydrogen-bond acceptors (Lipinski definition) is 4. The number of anilines is 1. The molecule has 4 rings (SSSR count). The van der Waals surface area contributed by atoms with Crippen LogP contribution >= 0.6 is 0 Å². The zero-order valence-corrected chi connectivity index (χ0v) is 15.5. The van der Waals surface area contributed by atoms with Gasteiger partial charge in [-0.1, -0.05) is 6.07 Å². The van der Waals surface area contributed by atoms with Crippen molar-refractivity contribution in [1.29, 1.82) is 0 Å². The number of amides is 1. The molecule has 2 saturated heterocycles. The van der Waals surface area contributed by atoms with E-state index in [-0.39, 0.29) is 23.9 Å². The Hall–Kier alpha value is -2.60. The number of hydrogen-bond donors (Lipinski definition) is 0.